The second kappa shape index (κ2) is 9.53. The minimum absolute atomic E-state index is 0.695. The van der Waals surface area contributed by atoms with E-state index in [9.17, 15) is 0 Å². The van der Waals surface area contributed by atoms with Gasteiger partial charge in [-0.2, -0.15) is 0 Å². The molecule has 0 unspecified atom stereocenters. The summed E-state index contributed by atoms with van der Waals surface area (Å²) < 4.78 is 5.85. The highest BCUT2D eigenvalue weighted by molar-refractivity contribution is 5.42. The van der Waals surface area contributed by atoms with E-state index < -0.39 is 0 Å². The van der Waals surface area contributed by atoms with Gasteiger partial charge < -0.3 is 9.64 Å². The van der Waals surface area contributed by atoms with Crippen LogP contribution in [0.2, 0.25) is 0 Å². The van der Waals surface area contributed by atoms with Crippen molar-refractivity contribution < 1.29 is 4.74 Å². The van der Waals surface area contributed by atoms with E-state index in [1.165, 1.54) is 24.1 Å². The van der Waals surface area contributed by atoms with E-state index in [1.54, 1.807) is 6.20 Å². The number of fused-ring (bicyclic) bond motifs is 1. The highest BCUT2D eigenvalue weighted by Gasteiger charge is 2.18. The highest BCUT2D eigenvalue weighted by Crippen LogP contribution is 2.20. The summed E-state index contributed by atoms with van der Waals surface area (Å²) in [7, 11) is 0. The maximum Gasteiger partial charge on any atom is 0.232 e. The molecule has 0 amide bonds. The number of nitrogens with zero attached hydrogens (tertiary/aromatic N) is 5. The molecule has 0 spiro atoms. The van der Waals surface area contributed by atoms with E-state index in [1.807, 2.05) is 0 Å². The Morgan fingerprint density at radius 2 is 1.72 bits per heavy atom. The van der Waals surface area contributed by atoms with E-state index in [0.717, 1.165) is 82.2 Å². The molecule has 6 nitrogen and oxygen atoms in total. The quantitative estimate of drug-likeness (QED) is 0.670. The minimum atomic E-state index is 0.695. The lowest BCUT2D eigenvalue weighted by Crippen LogP contribution is -2.47. The predicted molar refractivity (Wildman–Crippen MR) is 116 cm³/mol. The lowest BCUT2D eigenvalue weighted by molar-refractivity contribution is 0.235. The molecule has 4 rings (SSSR count). The van der Waals surface area contributed by atoms with Gasteiger partial charge in [0.05, 0.1) is 24.2 Å². The third-order valence-electron chi connectivity index (χ3n) is 5.89. The van der Waals surface area contributed by atoms with Crippen molar-refractivity contribution in [2.75, 3.05) is 44.2 Å². The molecule has 0 atom stereocenters. The molecule has 29 heavy (non-hydrogen) atoms. The zero-order valence-electron chi connectivity index (χ0n) is 17.9. The SMILES string of the molecule is Cc1cc(C)nc(N2CCN(CCCCOc3cnc4c(n3)CCCC4)CC2)c1. The monoisotopic (exact) mass is 395 g/mol. The minimum Gasteiger partial charge on any atom is -0.477 e. The van der Waals surface area contributed by atoms with Gasteiger partial charge in [0.2, 0.25) is 5.88 Å². The summed E-state index contributed by atoms with van der Waals surface area (Å²) in [6.07, 6.45) is 8.57. The Morgan fingerprint density at radius 3 is 2.52 bits per heavy atom. The number of piperazine rings is 1. The van der Waals surface area contributed by atoms with Gasteiger partial charge in [0.15, 0.2) is 0 Å². The smallest absolute Gasteiger partial charge is 0.232 e. The average Bonchev–Trinajstić information content (AvgIpc) is 2.73. The number of hydrogen-bond acceptors (Lipinski definition) is 6. The van der Waals surface area contributed by atoms with Crippen molar-refractivity contribution in [1.29, 1.82) is 0 Å². The van der Waals surface area contributed by atoms with Gasteiger partial charge in [-0.1, -0.05) is 0 Å². The van der Waals surface area contributed by atoms with Crippen molar-refractivity contribution in [3.63, 3.8) is 0 Å². The summed E-state index contributed by atoms with van der Waals surface area (Å²) in [4.78, 5) is 18.8. The Morgan fingerprint density at radius 1 is 0.931 bits per heavy atom. The van der Waals surface area contributed by atoms with Gasteiger partial charge in [0, 0.05) is 31.9 Å². The first kappa shape index (κ1) is 20.1. The normalized spacial score (nSPS) is 17.2. The van der Waals surface area contributed by atoms with Crippen LogP contribution in [0, 0.1) is 13.8 Å². The van der Waals surface area contributed by atoms with Gasteiger partial charge in [-0.25, -0.2) is 9.97 Å². The van der Waals surface area contributed by atoms with Crippen molar-refractivity contribution in [2.45, 2.75) is 52.4 Å². The fourth-order valence-corrected chi connectivity index (χ4v) is 4.29. The number of hydrogen-bond donors (Lipinski definition) is 0. The Hall–Kier alpha value is -2.21. The molecule has 2 aromatic heterocycles. The number of rotatable bonds is 7. The lowest BCUT2D eigenvalue weighted by atomic mass is 10.0. The summed E-state index contributed by atoms with van der Waals surface area (Å²) in [5.74, 6) is 1.82. The Labute approximate surface area is 174 Å². The molecule has 1 saturated heterocycles. The van der Waals surface area contributed by atoms with Crippen molar-refractivity contribution in [2.24, 2.45) is 0 Å². The second-order valence-electron chi connectivity index (χ2n) is 8.34. The first-order valence-corrected chi connectivity index (χ1v) is 11.1. The van der Waals surface area contributed by atoms with Crippen LogP contribution < -0.4 is 9.64 Å². The van der Waals surface area contributed by atoms with E-state index in [4.69, 9.17) is 9.72 Å². The van der Waals surface area contributed by atoms with E-state index in [0.29, 0.717) is 5.88 Å². The summed E-state index contributed by atoms with van der Waals surface area (Å²) in [5.41, 5.74) is 4.70. The van der Waals surface area contributed by atoms with Crippen molar-refractivity contribution in [3.05, 3.63) is 41.0 Å². The number of pyridine rings is 1. The fourth-order valence-electron chi connectivity index (χ4n) is 4.29. The molecule has 2 aliphatic rings. The molecule has 2 aromatic rings. The maximum atomic E-state index is 5.85. The molecule has 0 saturated carbocycles. The molecule has 1 aliphatic heterocycles. The Bertz CT molecular complexity index is 797. The molecule has 0 bridgehead atoms. The molecule has 0 radical (unpaired) electrons. The van der Waals surface area contributed by atoms with Crippen molar-refractivity contribution in [3.8, 4) is 5.88 Å². The van der Waals surface area contributed by atoms with E-state index >= 15 is 0 Å². The second-order valence-corrected chi connectivity index (χ2v) is 8.34. The van der Waals surface area contributed by atoms with Crippen LogP contribution in [0.1, 0.15) is 48.3 Å². The third kappa shape index (κ3) is 5.44. The zero-order chi connectivity index (χ0) is 20.1. The zero-order valence-corrected chi connectivity index (χ0v) is 17.9. The summed E-state index contributed by atoms with van der Waals surface area (Å²) >= 11 is 0. The van der Waals surface area contributed by atoms with Crippen LogP contribution in [0.15, 0.2) is 18.3 Å². The Kier molecular flexibility index (Phi) is 6.60. The van der Waals surface area contributed by atoms with E-state index in [-0.39, 0.29) is 0 Å². The molecular formula is C23H33N5O. The highest BCUT2D eigenvalue weighted by atomic mass is 16.5. The van der Waals surface area contributed by atoms with Crippen LogP contribution in [-0.2, 0) is 12.8 Å². The van der Waals surface area contributed by atoms with Gasteiger partial charge in [0.25, 0.3) is 0 Å². The topological polar surface area (TPSA) is 54.4 Å². The summed E-state index contributed by atoms with van der Waals surface area (Å²) in [6, 6.07) is 4.33. The molecule has 156 valence electrons. The van der Waals surface area contributed by atoms with Gasteiger partial charge in [0.1, 0.15) is 5.82 Å². The first-order chi connectivity index (χ1) is 14.2. The number of ether oxygens (including phenoxy) is 1. The number of anilines is 1. The molecular weight excluding hydrogens is 362 g/mol. The summed E-state index contributed by atoms with van der Waals surface area (Å²) in [6.45, 7) is 10.4. The molecule has 1 fully saturated rings. The Balaban J connectivity index is 1.14. The van der Waals surface area contributed by atoms with Crippen LogP contribution in [0.3, 0.4) is 0 Å². The molecule has 0 N–H and O–H groups in total. The standard InChI is InChI=1S/C23H33N5O/c1-18-15-19(2)25-22(16-18)28-12-10-27(11-13-28)9-5-6-14-29-23-17-24-20-7-3-4-8-21(20)26-23/h15-17H,3-14H2,1-2H3. The fraction of sp³-hybridized carbons (Fsp3) is 0.609. The molecule has 6 heteroatoms. The van der Waals surface area contributed by atoms with Gasteiger partial charge >= 0.3 is 0 Å². The number of aromatic nitrogens is 3. The van der Waals surface area contributed by atoms with Gasteiger partial charge in [-0.15, -0.1) is 0 Å². The summed E-state index contributed by atoms with van der Waals surface area (Å²) in [5, 5.41) is 0. The average molecular weight is 396 g/mol. The lowest BCUT2D eigenvalue weighted by Gasteiger charge is -2.35. The van der Waals surface area contributed by atoms with E-state index in [2.05, 4.69) is 45.7 Å². The van der Waals surface area contributed by atoms with Gasteiger partial charge in [-0.05, 0) is 76.6 Å². The first-order valence-electron chi connectivity index (χ1n) is 11.1. The predicted octanol–water partition coefficient (Wildman–Crippen LogP) is 3.35. The van der Waals surface area contributed by atoms with Crippen LogP contribution in [0.5, 0.6) is 5.88 Å². The molecule has 1 aliphatic carbocycles. The molecule has 0 aromatic carbocycles. The number of aryl methyl sites for hydroxylation is 4. The maximum absolute atomic E-state index is 5.85. The van der Waals surface area contributed by atoms with Crippen LogP contribution >= 0.6 is 0 Å². The number of unbranched alkanes of at least 4 members (excludes halogenated alkanes) is 1. The van der Waals surface area contributed by atoms with Crippen LogP contribution in [0.25, 0.3) is 0 Å². The molecule has 3 heterocycles. The van der Waals surface area contributed by atoms with Crippen molar-refractivity contribution >= 4 is 5.82 Å². The third-order valence-corrected chi connectivity index (χ3v) is 5.89. The van der Waals surface area contributed by atoms with Crippen molar-refractivity contribution in [1.82, 2.24) is 19.9 Å². The largest absolute Gasteiger partial charge is 0.477 e. The van der Waals surface area contributed by atoms with Crippen LogP contribution in [0.4, 0.5) is 5.82 Å². The van der Waals surface area contributed by atoms with Crippen LogP contribution in [-0.4, -0.2) is 59.2 Å². The van der Waals surface area contributed by atoms with Gasteiger partial charge in [-0.3, -0.25) is 9.88 Å².